The number of hydrogen-bond donors (Lipinski definition) is 1. The van der Waals surface area contributed by atoms with Gasteiger partial charge >= 0.3 is 0 Å². The van der Waals surface area contributed by atoms with Crippen LogP contribution in [-0.4, -0.2) is 42.8 Å². The molecule has 0 bridgehead atoms. The first-order valence-corrected chi connectivity index (χ1v) is 12.9. The summed E-state index contributed by atoms with van der Waals surface area (Å²) in [5.74, 6) is 0.812. The Morgan fingerprint density at radius 2 is 1.90 bits per heavy atom. The maximum atomic E-state index is 12.8. The summed E-state index contributed by atoms with van der Waals surface area (Å²) in [6.07, 6.45) is 1.14. The van der Waals surface area contributed by atoms with Crippen LogP contribution in [0.15, 0.2) is 34.0 Å². The zero-order valence-corrected chi connectivity index (χ0v) is 19.8. The third kappa shape index (κ3) is 4.60. The van der Waals surface area contributed by atoms with Gasteiger partial charge in [-0.25, -0.2) is 13.4 Å². The molecular weight excluding hydrogens is 442 g/mol. The number of thiophene rings is 1. The highest BCUT2D eigenvalue weighted by atomic mass is 32.2. The van der Waals surface area contributed by atoms with Gasteiger partial charge in [-0.3, -0.25) is 9.59 Å². The molecule has 30 heavy (non-hydrogen) atoms. The number of thioether (sulfide) groups is 1. The summed E-state index contributed by atoms with van der Waals surface area (Å²) in [7, 11) is -1.63. The first-order chi connectivity index (χ1) is 14.0. The van der Waals surface area contributed by atoms with Crippen molar-refractivity contribution in [2.24, 2.45) is 0 Å². The molecule has 0 fully saturated rings. The lowest BCUT2D eigenvalue weighted by atomic mass is 10.2. The van der Waals surface area contributed by atoms with Gasteiger partial charge in [0.25, 0.3) is 5.56 Å². The van der Waals surface area contributed by atoms with Crippen molar-refractivity contribution in [1.29, 1.82) is 0 Å². The number of hydrogen-bond acceptors (Lipinski definition) is 7. The zero-order valence-electron chi connectivity index (χ0n) is 17.3. The maximum absolute atomic E-state index is 12.8. The van der Waals surface area contributed by atoms with E-state index in [1.54, 1.807) is 26.1 Å². The number of aromatic amines is 1. The van der Waals surface area contributed by atoms with E-state index in [2.05, 4.69) is 9.97 Å². The number of aromatic nitrogens is 2. The van der Waals surface area contributed by atoms with Gasteiger partial charge in [0.05, 0.1) is 21.3 Å². The molecule has 3 aromatic rings. The summed E-state index contributed by atoms with van der Waals surface area (Å²) >= 11 is 2.88. The Morgan fingerprint density at radius 1 is 1.27 bits per heavy atom. The lowest BCUT2D eigenvalue weighted by molar-refractivity contribution is -0.117. The summed E-state index contributed by atoms with van der Waals surface area (Å²) in [4.78, 5) is 36.0. The molecule has 2 aromatic heterocycles. The summed E-state index contributed by atoms with van der Waals surface area (Å²) in [6.45, 7) is 5.68. The molecule has 0 spiro atoms. The lowest BCUT2D eigenvalue weighted by Gasteiger charge is -2.21. The van der Waals surface area contributed by atoms with E-state index in [1.165, 1.54) is 40.1 Å². The van der Waals surface area contributed by atoms with Crippen LogP contribution in [-0.2, 0) is 20.4 Å². The fourth-order valence-corrected chi connectivity index (χ4v) is 5.48. The molecule has 2 heterocycles. The molecule has 1 aromatic carbocycles. The van der Waals surface area contributed by atoms with Crippen LogP contribution in [0.4, 0.5) is 5.69 Å². The second-order valence-electron chi connectivity index (χ2n) is 7.09. The molecule has 0 saturated heterocycles. The Kier molecular flexibility index (Phi) is 6.40. The third-order valence-electron chi connectivity index (χ3n) is 4.89. The summed E-state index contributed by atoms with van der Waals surface area (Å²) in [6, 6.07) is 6.20. The van der Waals surface area contributed by atoms with Gasteiger partial charge in [-0.1, -0.05) is 0 Å². The van der Waals surface area contributed by atoms with Gasteiger partial charge in [0, 0.05) is 23.9 Å². The first kappa shape index (κ1) is 22.5. The molecule has 0 aliphatic carbocycles. The van der Waals surface area contributed by atoms with E-state index in [4.69, 9.17) is 0 Å². The topological polar surface area (TPSA) is 100 Å². The van der Waals surface area contributed by atoms with Crippen molar-refractivity contribution in [3.63, 3.8) is 0 Å². The van der Waals surface area contributed by atoms with E-state index in [0.29, 0.717) is 27.5 Å². The molecule has 1 N–H and O–H groups in total. The average Bonchev–Trinajstić information content (AvgIpc) is 2.98. The molecule has 7 nitrogen and oxygen atoms in total. The van der Waals surface area contributed by atoms with Gasteiger partial charge in [-0.2, -0.15) is 0 Å². The van der Waals surface area contributed by atoms with Crippen molar-refractivity contribution in [2.45, 2.75) is 36.7 Å². The Labute approximate surface area is 183 Å². The van der Waals surface area contributed by atoms with Crippen molar-refractivity contribution in [1.82, 2.24) is 9.97 Å². The molecule has 0 aliphatic heterocycles. The second kappa shape index (κ2) is 8.52. The van der Waals surface area contributed by atoms with E-state index < -0.39 is 9.84 Å². The molecule has 0 aliphatic rings. The van der Waals surface area contributed by atoms with E-state index >= 15 is 0 Å². The van der Waals surface area contributed by atoms with Crippen LogP contribution >= 0.6 is 23.1 Å². The number of sulfone groups is 1. The maximum Gasteiger partial charge on any atom is 0.259 e. The minimum atomic E-state index is -3.28. The van der Waals surface area contributed by atoms with Crippen LogP contribution < -0.4 is 10.5 Å². The van der Waals surface area contributed by atoms with E-state index in [9.17, 15) is 18.0 Å². The number of rotatable bonds is 6. The van der Waals surface area contributed by atoms with E-state index in [0.717, 1.165) is 16.7 Å². The minimum absolute atomic E-state index is 0.127. The number of nitrogens with one attached hydrogen (secondary N) is 1. The van der Waals surface area contributed by atoms with Gasteiger partial charge in [0.2, 0.25) is 5.91 Å². The van der Waals surface area contributed by atoms with Crippen molar-refractivity contribution in [3.05, 3.63) is 50.9 Å². The van der Waals surface area contributed by atoms with Crippen molar-refractivity contribution in [2.75, 3.05) is 18.2 Å². The highest BCUT2D eigenvalue weighted by Gasteiger charge is 2.21. The summed E-state index contributed by atoms with van der Waals surface area (Å²) in [5.41, 5.74) is 1.41. The van der Waals surface area contributed by atoms with Crippen LogP contribution in [0.5, 0.6) is 0 Å². The van der Waals surface area contributed by atoms with Crippen LogP contribution in [0.3, 0.4) is 0 Å². The number of H-pyrrole nitrogens is 1. The molecule has 0 saturated carbocycles. The second-order valence-corrected chi connectivity index (χ2v) is 11.6. The number of nitrogens with zero attached hydrogens (tertiary/aromatic N) is 2. The van der Waals surface area contributed by atoms with Crippen LogP contribution in [0, 0.1) is 13.8 Å². The fraction of sp³-hybridized carbons (Fsp3) is 0.350. The number of aryl methyl sites for hydroxylation is 2. The number of carbonyl (C=O) groups is 1. The Balaban J connectivity index is 1.70. The highest BCUT2D eigenvalue weighted by Crippen LogP contribution is 2.27. The minimum Gasteiger partial charge on any atom is -0.315 e. The molecular formula is C20H23N3O4S3. The number of amides is 1. The largest absolute Gasteiger partial charge is 0.315 e. The van der Waals surface area contributed by atoms with Crippen molar-refractivity contribution < 1.29 is 13.2 Å². The predicted octanol–water partition coefficient (Wildman–Crippen LogP) is 3.29. The van der Waals surface area contributed by atoms with Gasteiger partial charge in [-0.05, 0) is 50.6 Å². The summed E-state index contributed by atoms with van der Waals surface area (Å²) in [5, 5.41) is 0.255. The quantitative estimate of drug-likeness (QED) is 0.600. The molecule has 160 valence electrons. The Hall–Kier alpha value is -2.17. The Morgan fingerprint density at radius 3 is 2.50 bits per heavy atom. The number of anilines is 1. The number of carbonyl (C=O) groups excluding carboxylic acids is 1. The smallest absolute Gasteiger partial charge is 0.259 e. The summed E-state index contributed by atoms with van der Waals surface area (Å²) < 4.78 is 23.2. The van der Waals surface area contributed by atoms with Crippen LogP contribution in [0.1, 0.15) is 23.2 Å². The normalized spacial score (nSPS) is 12.8. The van der Waals surface area contributed by atoms with E-state index in [1.807, 2.05) is 13.8 Å². The molecule has 1 amide bonds. The molecule has 1 unspecified atom stereocenters. The first-order valence-electron chi connectivity index (χ1n) is 9.17. The van der Waals surface area contributed by atoms with Gasteiger partial charge in [0.1, 0.15) is 10.7 Å². The molecule has 10 heteroatoms. The lowest BCUT2D eigenvalue weighted by Crippen LogP contribution is -2.33. The molecule has 1 atom stereocenters. The van der Waals surface area contributed by atoms with Crippen LogP contribution in [0.2, 0.25) is 0 Å². The standard InChI is InChI=1S/C20H23N3O4S3/c1-11-12(2)29-19-17(11)18(24)21-16(22-19)10-28-13(3)20(25)23(4)14-6-8-15(9-7-14)30(5,26)27/h6-9,13H,10H2,1-5H3,(H,21,22,24). The molecule has 3 rings (SSSR count). The third-order valence-corrected chi connectivity index (χ3v) is 8.26. The van der Waals surface area contributed by atoms with Gasteiger partial charge in [0.15, 0.2) is 9.84 Å². The average molecular weight is 466 g/mol. The highest BCUT2D eigenvalue weighted by molar-refractivity contribution is 7.99. The number of fused-ring (bicyclic) bond motifs is 1. The predicted molar refractivity (Wildman–Crippen MR) is 123 cm³/mol. The molecule has 0 radical (unpaired) electrons. The monoisotopic (exact) mass is 465 g/mol. The van der Waals surface area contributed by atoms with Gasteiger partial charge < -0.3 is 9.88 Å². The Bertz CT molecular complexity index is 1260. The fourth-order valence-electron chi connectivity index (χ4n) is 2.96. The SMILES string of the molecule is Cc1sc2nc(CSC(C)C(=O)N(C)c3ccc(S(C)(=O)=O)cc3)[nH]c(=O)c2c1C. The number of benzene rings is 1. The van der Waals surface area contributed by atoms with E-state index in [-0.39, 0.29) is 21.6 Å². The van der Waals surface area contributed by atoms with Crippen molar-refractivity contribution in [3.8, 4) is 0 Å². The van der Waals surface area contributed by atoms with Crippen LogP contribution in [0.25, 0.3) is 10.2 Å². The van der Waals surface area contributed by atoms with Crippen molar-refractivity contribution >= 4 is 54.7 Å². The van der Waals surface area contributed by atoms with Gasteiger partial charge in [-0.15, -0.1) is 23.1 Å². The zero-order chi connectivity index (χ0) is 22.2.